The van der Waals surface area contributed by atoms with E-state index < -0.39 is 41.0 Å². The van der Waals surface area contributed by atoms with Crippen LogP contribution in [-0.4, -0.2) is 74.3 Å². The van der Waals surface area contributed by atoms with Gasteiger partial charge in [0.2, 0.25) is 5.88 Å². The fourth-order valence-electron chi connectivity index (χ4n) is 6.88. The maximum absolute atomic E-state index is 16.8. The Balaban J connectivity index is 1.69. The van der Waals surface area contributed by atoms with Crippen molar-refractivity contribution >= 4 is 50.9 Å². The highest BCUT2D eigenvalue weighted by atomic mass is 35.5. The van der Waals surface area contributed by atoms with E-state index in [1.165, 1.54) is 30.0 Å². The van der Waals surface area contributed by atoms with Crippen LogP contribution in [0.3, 0.4) is 0 Å². The quantitative estimate of drug-likeness (QED) is 0.178. The van der Waals surface area contributed by atoms with Gasteiger partial charge in [-0.3, -0.25) is 14.3 Å². The number of halogens is 3. The Morgan fingerprint density at radius 2 is 1.79 bits per heavy atom. The Morgan fingerprint density at radius 3 is 2.44 bits per heavy atom. The number of anilines is 2. The predicted octanol–water partition coefficient (Wildman–Crippen LogP) is 7.35. The molecule has 1 aliphatic rings. The molecule has 0 spiro atoms. The van der Waals surface area contributed by atoms with Crippen LogP contribution in [0.25, 0.3) is 38.8 Å². The van der Waals surface area contributed by atoms with Crippen LogP contribution in [0.4, 0.5) is 25.0 Å². The van der Waals surface area contributed by atoms with Gasteiger partial charge in [-0.25, -0.2) is 23.5 Å². The molecule has 4 aromatic heterocycles. The van der Waals surface area contributed by atoms with E-state index >= 15 is 8.78 Å². The zero-order valence-electron chi connectivity index (χ0n) is 30.4. The first-order valence-electron chi connectivity index (χ1n) is 17.0. The molecule has 0 unspecified atom stereocenters. The molecule has 6 rings (SSSR count). The van der Waals surface area contributed by atoms with Crippen molar-refractivity contribution in [1.82, 2.24) is 24.4 Å². The van der Waals surface area contributed by atoms with Gasteiger partial charge in [-0.05, 0) is 75.8 Å². The molecule has 274 valence electrons. The Bertz CT molecular complexity index is 2270. The lowest BCUT2D eigenvalue weighted by Crippen LogP contribution is -2.60. The Kier molecular flexibility index (Phi) is 9.77. The van der Waals surface area contributed by atoms with Gasteiger partial charge in [0, 0.05) is 42.8 Å². The smallest absolute Gasteiger partial charge is 0.410 e. The third-order valence-corrected chi connectivity index (χ3v) is 9.60. The SMILES string of the molecule is COc1nccc2ccc(F)c(-c3nc4c(cc3F)c(N3C[C@@H](C)N(C(=O)OC(C)(C)C)C[C@@H]3CCl)c(N)c(=O)n4-c3c(C)ccnc3C(C)C)c12. The molecule has 1 saturated heterocycles. The standard InChI is InChI=1S/C38H42ClF2N7O4/c1-19(2)30-32(20(3)11-13-43-30)48-34-24(15-26(41)31(45-34)28-25(40)10-9-22-12-14-44-35(51-8)27(22)28)33(29(42)36(48)49)47-17-21(4)46(18-23(47)16-39)37(50)52-38(5,6)7/h9-15,19,21,23H,16-18,42H2,1-8H3/t21-,23+/m1/s1. The van der Waals surface area contributed by atoms with Crippen LogP contribution in [0.2, 0.25) is 0 Å². The molecule has 1 fully saturated rings. The molecule has 11 nitrogen and oxygen atoms in total. The number of carbonyl (C=O) groups excluding carboxylic acids is 1. The Morgan fingerprint density at radius 1 is 1.08 bits per heavy atom. The first-order valence-corrected chi connectivity index (χ1v) is 17.6. The molecule has 5 aromatic rings. The summed E-state index contributed by atoms with van der Waals surface area (Å²) >= 11 is 6.56. The average molecular weight is 734 g/mol. The van der Waals surface area contributed by atoms with E-state index in [1.54, 1.807) is 50.1 Å². The van der Waals surface area contributed by atoms with Crippen LogP contribution in [-0.2, 0) is 4.74 Å². The molecule has 0 radical (unpaired) electrons. The third kappa shape index (κ3) is 6.35. The van der Waals surface area contributed by atoms with E-state index in [4.69, 9.17) is 31.8 Å². The van der Waals surface area contributed by atoms with Crippen molar-refractivity contribution in [3.8, 4) is 22.8 Å². The minimum absolute atomic E-state index is 0.0263. The number of piperazine rings is 1. The van der Waals surface area contributed by atoms with Gasteiger partial charge in [0.15, 0.2) is 5.65 Å². The van der Waals surface area contributed by atoms with Crippen molar-refractivity contribution in [3.63, 3.8) is 0 Å². The number of aromatic nitrogens is 4. The second-order valence-electron chi connectivity index (χ2n) is 14.4. The molecule has 1 aromatic carbocycles. The first-order chi connectivity index (χ1) is 24.6. The van der Waals surface area contributed by atoms with Crippen LogP contribution in [0.1, 0.15) is 58.7 Å². The van der Waals surface area contributed by atoms with Crippen molar-refractivity contribution in [3.05, 3.63) is 76.0 Å². The van der Waals surface area contributed by atoms with Gasteiger partial charge in [-0.2, -0.15) is 0 Å². The van der Waals surface area contributed by atoms with Crippen LogP contribution in [0.5, 0.6) is 5.88 Å². The van der Waals surface area contributed by atoms with Crippen LogP contribution in [0, 0.1) is 18.6 Å². The van der Waals surface area contributed by atoms with Crippen LogP contribution < -0.4 is 20.9 Å². The number of alkyl halides is 1. The number of carbonyl (C=O) groups is 1. The van der Waals surface area contributed by atoms with E-state index in [2.05, 4.69) is 9.97 Å². The lowest BCUT2D eigenvalue weighted by atomic mass is 10.00. The van der Waals surface area contributed by atoms with Gasteiger partial charge in [-0.15, -0.1) is 11.6 Å². The maximum atomic E-state index is 16.8. The summed E-state index contributed by atoms with van der Waals surface area (Å²) in [6, 6.07) is 6.44. The molecule has 2 N–H and O–H groups in total. The third-order valence-electron chi connectivity index (χ3n) is 9.25. The van der Waals surface area contributed by atoms with Crippen molar-refractivity contribution in [2.45, 2.75) is 72.1 Å². The van der Waals surface area contributed by atoms with E-state index in [0.717, 1.165) is 0 Å². The number of rotatable bonds is 6. The van der Waals surface area contributed by atoms with Gasteiger partial charge in [-0.1, -0.05) is 19.9 Å². The molecule has 14 heteroatoms. The normalized spacial score (nSPS) is 16.6. The number of aryl methyl sites for hydroxylation is 1. The zero-order chi connectivity index (χ0) is 37.8. The highest BCUT2D eigenvalue weighted by Crippen LogP contribution is 2.41. The highest BCUT2D eigenvalue weighted by molar-refractivity contribution is 6.18. The summed E-state index contributed by atoms with van der Waals surface area (Å²) in [7, 11) is 1.39. The van der Waals surface area contributed by atoms with Gasteiger partial charge in [0.05, 0.1) is 41.2 Å². The zero-order valence-corrected chi connectivity index (χ0v) is 31.2. The Hall–Kier alpha value is -5.04. The molecular weight excluding hydrogens is 692 g/mol. The minimum Gasteiger partial charge on any atom is -0.481 e. The number of nitrogens with zero attached hydrogens (tertiary/aromatic N) is 6. The topological polar surface area (TPSA) is 129 Å². The molecule has 2 atom stereocenters. The van der Waals surface area contributed by atoms with Crippen molar-refractivity contribution in [1.29, 1.82) is 0 Å². The lowest BCUT2D eigenvalue weighted by molar-refractivity contribution is 0.0132. The number of hydrogen-bond donors (Lipinski definition) is 1. The van der Waals surface area contributed by atoms with E-state index in [0.29, 0.717) is 22.3 Å². The molecule has 5 heterocycles. The summed E-state index contributed by atoms with van der Waals surface area (Å²) < 4.78 is 45.2. The first kappa shape index (κ1) is 36.7. The maximum Gasteiger partial charge on any atom is 0.410 e. The van der Waals surface area contributed by atoms with Gasteiger partial charge in [0.1, 0.15) is 28.6 Å². The molecule has 1 amide bonds. The second-order valence-corrected chi connectivity index (χ2v) is 14.7. The van der Waals surface area contributed by atoms with Gasteiger partial charge < -0.3 is 25.0 Å². The largest absolute Gasteiger partial charge is 0.481 e. The minimum atomic E-state index is -0.870. The Labute approximate surface area is 305 Å². The summed E-state index contributed by atoms with van der Waals surface area (Å²) in [5.74, 6) is -1.65. The van der Waals surface area contributed by atoms with E-state index in [1.807, 2.05) is 32.6 Å². The predicted molar refractivity (Wildman–Crippen MR) is 200 cm³/mol. The number of hydrogen-bond acceptors (Lipinski definition) is 9. The molecule has 0 aliphatic carbocycles. The molecule has 52 heavy (non-hydrogen) atoms. The summed E-state index contributed by atoms with van der Waals surface area (Å²) in [5.41, 5.74) is 6.70. The number of amides is 1. The number of methoxy groups -OCH3 is 1. The monoisotopic (exact) mass is 733 g/mol. The number of fused-ring (bicyclic) bond motifs is 2. The van der Waals surface area contributed by atoms with Crippen LogP contribution >= 0.6 is 11.6 Å². The van der Waals surface area contributed by atoms with Gasteiger partial charge in [0.25, 0.3) is 5.56 Å². The summed E-state index contributed by atoms with van der Waals surface area (Å²) in [6.45, 7) is 13.2. The number of nitrogen functional groups attached to an aromatic ring is 1. The molecular formula is C38H42ClF2N7O4. The van der Waals surface area contributed by atoms with Crippen molar-refractivity contribution in [2.24, 2.45) is 0 Å². The summed E-state index contributed by atoms with van der Waals surface area (Å²) in [4.78, 5) is 45.0. The van der Waals surface area contributed by atoms with Crippen molar-refractivity contribution < 1.29 is 23.0 Å². The van der Waals surface area contributed by atoms with Crippen LogP contribution in [0.15, 0.2) is 47.5 Å². The lowest BCUT2D eigenvalue weighted by Gasteiger charge is -2.46. The summed E-state index contributed by atoms with van der Waals surface area (Å²) in [5, 5.41) is 0.956. The van der Waals surface area contributed by atoms with Crippen molar-refractivity contribution in [2.75, 3.05) is 36.7 Å². The number of benzene rings is 1. The number of nitrogens with two attached hydrogens (primary N) is 1. The fourth-order valence-corrected chi connectivity index (χ4v) is 7.15. The highest BCUT2D eigenvalue weighted by Gasteiger charge is 2.39. The van der Waals surface area contributed by atoms with E-state index in [-0.39, 0.29) is 69.8 Å². The average Bonchev–Trinajstić information content (AvgIpc) is 3.08. The molecule has 1 aliphatic heterocycles. The number of pyridine rings is 4. The fraction of sp³-hybridized carbons (Fsp3) is 0.395. The summed E-state index contributed by atoms with van der Waals surface area (Å²) in [6.07, 6.45) is 2.66. The number of ether oxygens (including phenoxy) is 2. The second kappa shape index (κ2) is 13.8. The molecule has 0 saturated carbocycles. The van der Waals surface area contributed by atoms with Gasteiger partial charge >= 0.3 is 6.09 Å². The van der Waals surface area contributed by atoms with E-state index in [9.17, 15) is 9.59 Å². The molecule has 0 bridgehead atoms.